The van der Waals surface area contributed by atoms with Crippen LogP contribution in [0, 0.1) is 0 Å². The molecule has 3 heterocycles. The molecule has 2 aromatic rings. The van der Waals surface area contributed by atoms with Gasteiger partial charge in [0.25, 0.3) is 0 Å². The molecule has 1 atom stereocenters. The van der Waals surface area contributed by atoms with Crippen molar-refractivity contribution in [3.8, 4) is 17.2 Å². The van der Waals surface area contributed by atoms with Gasteiger partial charge in [-0.2, -0.15) is 5.10 Å². The fourth-order valence-corrected chi connectivity index (χ4v) is 4.72. The molecule has 6 heteroatoms. The minimum absolute atomic E-state index is 0.200. The smallest absolute Gasteiger partial charge is 0.200 e. The van der Waals surface area contributed by atoms with Crippen LogP contribution in [0.2, 0.25) is 0 Å². The van der Waals surface area contributed by atoms with E-state index in [0.29, 0.717) is 0 Å². The van der Waals surface area contributed by atoms with E-state index in [4.69, 9.17) is 19.3 Å². The van der Waals surface area contributed by atoms with Crippen LogP contribution in [0.5, 0.6) is 17.2 Å². The molecule has 0 amide bonds. The summed E-state index contributed by atoms with van der Waals surface area (Å²) in [5.41, 5.74) is 2.98. The maximum Gasteiger partial charge on any atom is 0.200 e. The van der Waals surface area contributed by atoms with Crippen LogP contribution in [-0.2, 0) is 0 Å². The van der Waals surface area contributed by atoms with Gasteiger partial charge in [-0.3, -0.25) is 0 Å². The van der Waals surface area contributed by atoms with Crippen molar-refractivity contribution in [2.45, 2.75) is 31.0 Å². The largest absolute Gasteiger partial charge is 0.493 e. The first-order valence-electron chi connectivity index (χ1n) is 10.2. The lowest BCUT2D eigenvalue weighted by Gasteiger charge is -2.50. The Hall–Kier alpha value is -2.73. The molecule has 6 nitrogen and oxygen atoms in total. The van der Waals surface area contributed by atoms with Gasteiger partial charge in [-0.25, -0.2) is 5.01 Å². The second-order valence-corrected chi connectivity index (χ2v) is 8.07. The molecule has 0 aromatic heterocycles. The predicted molar refractivity (Wildman–Crippen MR) is 112 cm³/mol. The lowest BCUT2D eigenvalue weighted by molar-refractivity contribution is -0.147. The fraction of sp³-hybridized carbons (Fsp3) is 0.435. The number of para-hydroxylation sites is 1. The molecular weight excluding hydrogens is 366 g/mol. The van der Waals surface area contributed by atoms with Gasteiger partial charge in [-0.1, -0.05) is 18.2 Å². The topological polar surface area (TPSA) is 46.5 Å². The first-order valence-corrected chi connectivity index (χ1v) is 10.2. The van der Waals surface area contributed by atoms with Crippen LogP contribution >= 0.6 is 0 Å². The normalized spacial score (nSPS) is 22.5. The lowest BCUT2D eigenvalue weighted by atomic mass is 9.91. The van der Waals surface area contributed by atoms with E-state index >= 15 is 0 Å². The van der Waals surface area contributed by atoms with Crippen LogP contribution in [0.4, 0.5) is 0 Å². The zero-order valence-electron chi connectivity index (χ0n) is 17.2. The highest BCUT2D eigenvalue weighted by molar-refractivity contribution is 6.02. The van der Waals surface area contributed by atoms with Crippen molar-refractivity contribution in [3.05, 3.63) is 53.6 Å². The third-order valence-corrected chi connectivity index (χ3v) is 6.39. The third kappa shape index (κ3) is 2.94. The van der Waals surface area contributed by atoms with Crippen molar-refractivity contribution in [2.75, 3.05) is 34.4 Å². The van der Waals surface area contributed by atoms with E-state index in [1.807, 2.05) is 12.1 Å². The molecule has 0 radical (unpaired) electrons. The van der Waals surface area contributed by atoms with Crippen LogP contribution in [0.15, 0.2) is 47.6 Å². The van der Waals surface area contributed by atoms with E-state index in [2.05, 4.69) is 47.3 Å². The Morgan fingerprint density at radius 1 is 1.03 bits per heavy atom. The average molecular weight is 393 g/mol. The Kier molecular flexibility index (Phi) is 4.39. The number of piperidine rings is 1. The van der Waals surface area contributed by atoms with E-state index in [9.17, 15) is 0 Å². The highest BCUT2D eigenvalue weighted by Gasteiger charge is 2.51. The van der Waals surface area contributed by atoms with Crippen LogP contribution in [0.25, 0.3) is 0 Å². The van der Waals surface area contributed by atoms with E-state index in [1.54, 1.807) is 14.2 Å². The van der Waals surface area contributed by atoms with Crippen molar-refractivity contribution < 1.29 is 14.2 Å². The number of hydrogen-bond acceptors (Lipinski definition) is 6. The van der Waals surface area contributed by atoms with Crippen molar-refractivity contribution in [1.82, 2.24) is 9.91 Å². The molecule has 3 aliphatic heterocycles. The molecule has 2 aromatic carbocycles. The van der Waals surface area contributed by atoms with Gasteiger partial charge in [0.15, 0.2) is 11.5 Å². The number of nitrogens with zero attached hydrogens (tertiary/aromatic N) is 3. The number of fused-ring (bicyclic) bond motifs is 4. The molecule has 3 aliphatic rings. The molecule has 0 saturated carbocycles. The van der Waals surface area contributed by atoms with Gasteiger partial charge in [0.1, 0.15) is 5.75 Å². The zero-order valence-corrected chi connectivity index (χ0v) is 17.2. The van der Waals surface area contributed by atoms with Crippen LogP contribution in [0.1, 0.15) is 36.4 Å². The molecule has 0 bridgehead atoms. The summed E-state index contributed by atoms with van der Waals surface area (Å²) in [6.07, 6.45) is 2.74. The molecule has 0 aliphatic carbocycles. The number of rotatable bonds is 3. The molecular formula is C23H27N3O3. The number of methoxy groups -OCH3 is 2. The summed E-state index contributed by atoms with van der Waals surface area (Å²) in [5, 5.41) is 7.37. The van der Waals surface area contributed by atoms with Crippen molar-refractivity contribution >= 4 is 5.71 Å². The Bertz CT molecular complexity index is 950. The molecule has 0 N–H and O–H groups in total. The molecule has 5 rings (SSSR count). The average Bonchev–Trinajstić information content (AvgIpc) is 3.22. The second kappa shape index (κ2) is 6.95. The van der Waals surface area contributed by atoms with Crippen molar-refractivity contribution in [3.63, 3.8) is 0 Å². The number of benzene rings is 2. The molecule has 152 valence electrons. The first kappa shape index (κ1) is 18.3. The van der Waals surface area contributed by atoms with Gasteiger partial charge in [-0.05, 0) is 31.3 Å². The minimum atomic E-state index is -0.371. The standard InChI is InChI=1S/C23H27N3O3/c1-25-12-10-23(11-13-25)26-19(17-6-4-5-7-20(17)29-23)15-18(24-26)16-8-9-21(27-2)22(14-16)28-3/h4-9,14,19H,10-13,15H2,1-3H3/t19-/m0/s1. The SMILES string of the molecule is COc1ccc(C2=NN3[C@@H](C2)c2ccccc2OC32CCN(C)CC2)cc1OC. The molecule has 1 spiro atoms. The Labute approximate surface area is 171 Å². The number of hydrogen-bond donors (Lipinski definition) is 0. The van der Waals surface area contributed by atoms with E-state index in [0.717, 1.165) is 60.9 Å². The Morgan fingerprint density at radius 3 is 2.55 bits per heavy atom. The van der Waals surface area contributed by atoms with Gasteiger partial charge in [0.05, 0.1) is 26.0 Å². The molecule has 0 unspecified atom stereocenters. The van der Waals surface area contributed by atoms with Crippen molar-refractivity contribution in [1.29, 1.82) is 0 Å². The Balaban J connectivity index is 1.56. The lowest BCUT2D eigenvalue weighted by Crippen LogP contribution is -2.58. The summed E-state index contributed by atoms with van der Waals surface area (Å²) in [7, 11) is 5.49. The summed E-state index contributed by atoms with van der Waals surface area (Å²) in [6, 6.07) is 14.6. The van der Waals surface area contributed by atoms with E-state index < -0.39 is 0 Å². The van der Waals surface area contributed by atoms with Gasteiger partial charge in [0, 0.05) is 43.5 Å². The summed E-state index contributed by atoms with van der Waals surface area (Å²) < 4.78 is 17.5. The number of likely N-dealkylation sites (tertiary alicyclic amines) is 1. The number of hydrazone groups is 1. The summed E-state index contributed by atoms with van der Waals surface area (Å²) in [6.45, 7) is 2.01. The maximum atomic E-state index is 6.64. The van der Waals surface area contributed by atoms with Gasteiger partial charge in [-0.15, -0.1) is 0 Å². The van der Waals surface area contributed by atoms with Gasteiger partial charge >= 0.3 is 0 Å². The molecule has 29 heavy (non-hydrogen) atoms. The van der Waals surface area contributed by atoms with Crippen LogP contribution in [0.3, 0.4) is 0 Å². The zero-order chi connectivity index (χ0) is 20.0. The monoisotopic (exact) mass is 393 g/mol. The highest BCUT2D eigenvalue weighted by Crippen LogP contribution is 2.50. The first-order chi connectivity index (χ1) is 14.1. The summed E-state index contributed by atoms with van der Waals surface area (Å²) >= 11 is 0. The number of ether oxygens (including phenoxy) is 3. The minimum Gasteiger partial charge on any atom is -0.493 e. The molecule has 1 fully saturated rings. The van der Waals surface area contributed by atoms with Crippen LogP contribution < -0.4 is 14.2 Å². The molecule has 1 saturated heterocycles. The third-order valence-electron chi connectivity index (χ3n) is 6.39. The fourth-order valence-electron chi connectivity index (χ4n) is 4.72. The summed E-state index contributed by atoms with van der Waals surface area (Å²) in [5.74, 6) is 2.46. The quantitative estimate of drug-likeness (QED) is 0.796. The highest BCUT2D eigenvalue weighted by atomic mass is 16.5. The van der Waals surface area contributed by atoms with Crippen LogP contribution in [-0.4, -0.2) is 55.7 Å². The second-order valence-electron chi connectivity index (χ2n) is 8.07. The van der Waals surface area contributed by atoms with E-state index in [-0.39, 0.29) is 11.8 Å². The Morgan fingerprint density at radius 2 is 1.79 bits per heavy atom. The maximum absolute atomic E-state index is 6.64. The predicted octanol–water partition coefficient (Wildman–Crippen LogP) is 3.67. The summed E-state index contributed by atoms with van der Waals surface area (Å²) in [4.78, 5) is 2.36. The van der Waals surface area contributed by atoms with Gasteiger partial charge < -0.3 is 19.1 Å². The van der Waals surface area contributed by atoms with Crippen molar-refractivity contribution in [2.24, 2.45) is 5.10 Å². The van der Waals surface area contributed by atoms with E-state index in [1.165, 1.54) is 5.56 Å². The van der Waals surface area contributed by atoms with Gasteiger partial charge in [0.2, 0.25) is 5.72 Å².